The van der Waals surface area contributed by atoms with Crippen molar-refractivity contribution in [3.63, 3.8) is 0 Å². The van der Waals surface area contributed by atoms with Crippen LogP contribution in [0.15, 0.2) is 0 Å². The Hall–Kier alpha value is 0.610. The van der Waals surface area contributed by atoms with E-state index in [4.69, 9.17) is 9.79 Å². The molecule has 0 aromatic rings. The van der Waals surface area contributed by atoms with E-state index in [1.165, 1.54) is 0 Å². The number of aliphatic hydroxyl groups is 1. The molecule has 1 saturated carbocycles. The Balaban J connectivity index is 3.05. The van der Waals surface area contributed by atoms with Gasteiger partial charge in [0, 0.05) is 0 Å². The largest absolute Gasteiger partial charge is 0.380 e. The predicted molar refractivity (Wildman–Crippen MR) is 73.2 cm³/mol. The summed E-state index contributed by atoms with van der Waals surface area (Å²) in [5, 5.41) is 9.65. The van der Waals surface area contributed by atoms with Crippen molar-refractivity contribution < 1.29 is 33.8 Å². The summed E-state index contributed by atoms with van der Waals surface area (Å²) in [6.07, 6.45) is 2.52. The topological polar surface area (TPSA) is 135 Å². The lowest BCUT2D eigenvalue weighted by Crippen LogP contribution is -2.35. The lowest BCUT2D eigenvalue weighted by atomic mass is 9.90. The summed E-state index contributed by atoms with van der Waals surface area (Å²) in [6, 6.07) is 0. The van der Waals surface area contributed by atoms with Crippen molar-refractivity contribution in [1.29, 1.82) is 0 Å². The molecule has 0 aromatic heterocycles. The minimum absolute atomic E-state index is 0.0728. The zero-order valence-corrected chi connectivity index (χ0v) is 12.9. The standard InChI is InChI=1S/C9H20O7P2S/c10-9(18(14,15)16)8(17(11,12)13)7-3-1-2-6(7)4-5-19/h6-10,19H,1-5H2,(H2,11,12,13)(H2,14,15,16). The van der Waals surface area contributed by atoms with E-state index >= 15 is 0 Å². The third kappa shape index (κ3) is 4.55. The fraction of sp³-hybridized carbons (Fsp3) is 1.00. The van der Waals surface area contributed by atoms with E-state index in [1.807, 2.05) is 0 Å². The van der Waals surface area contributed by atoms with Crippen LogP contribution in [0.4, 0.5) is 0 Å². The maximum Gasteiger partial charge on any atom is 0.354 e. The molecule has 7 nitrogen and oxygen atoms in total. The van der Waals surface area contributed by atoms with Crippen LogP contribution in [0.5, 0.6) is 0 Å². The molecule has 0 spiro atoms. The SMILES string of the molecule is O=P(O)(O)C(O)C(C1CCCC1CCS)P(=O)(O)O. The van der Waals surface area contributed by atoms with Crippen LogP contribution >= 0.6 is 27.8 Å². The van der Waals surface area contributed by atoms with Crippen LogP contribution in [-0.4, -0.2) is 41.9 Å². The highest BCUT2D eigenvalue weighted by Gasteiger charge is 2.51. The summed E-state index contributed by atoms with van der Waals surface area (Å²) in [5.41, 5.74) is -1.71. The van der Waals surface area contributed by atoms with E-state index in [9.17, 15) is 24.0 Å². The van der Waals surface area contributed by atoms with Crippen molar-refractivity contribution >= 4 is 27.8 Å². The first kappa shape index (κ1) is 17.7. The van der Waals surface area contributed by atoms with Gasteiger partial charge in [-0.15, -0.1) is 0 Å². The Labute approximate surface area is 117 Å². The molecule has 5 N–H and O–H groups in total. The number of rotatable bonds is 6. The Morgan fingerprint density at radius 1 is 1.11 bits per heavy atom. The Bertz CT molecular complexity index is 392. The predicted octanol–water partition coefficient (Wildman–Crippen LogP) is 0.765. The quantitative estimate of drug-likeness (QED) is 0.312. The number of aliphatic hydroxyl groups excluding tert-OH is 1. The summed E-state index contributed by atoms with van der Waals surface area (Å²) in [6.45, 7) is 0. The van der Waals surface area contributed by atoms with Crippen LogP contribution in [0.25, 0.3) is 0 Å². The summed E-state index contributed by atoms with van der Waals surface area (Å²) < 4.78 is 22.7. The van der Waals surface area contributed by atoms with Gasteiger partial charge in [0.25, 0.3) is 0 Å². The smallest absolute Gasteiger partial charge is 0.354 e. The molecule has 0 bridgehead atoms. The Kier molecular flexibility index (Phi) is 6.12. The van der Waals surface area contributed by atoms with Crippen LogP contribution in [0.2, 0.25) is 0 Å². The van der Waals surface area contributed by atoms with Crippen LogP contribution in [0.3, 0.4) is 0 Å². The fourth-order valence-electron chi connectivity index (χ4n) is 2.88. The number of hydrogen-bond donors (Lipinski definition) is 6. The molecule has 0 aliphatic heterocycles. The number of hydrogen-bond acceptors (Lipinski definition) is 4. The molecule has 4 atom stereocenters. The second-order valence-corrected chi connectivity index (χ2v) is 8.88. The molecule has 0 heterocycles. The molecule has 1 rings (SSSR count). The molecule has 0 radical (unpaired) electrons. The average molecular weight is 334 g/mol. The number of thiol groups is 1. The molecular formula is C9H20O7P2S. The van der Waals surface area contributed by atoms with Gasteiger partial charge in [0.15, 0.2) is 5.85 Å². The van der Waals surface area contributed by atoms with Crippen molar-refractivity contribution in [1.82, 2.24) is 0 Å². The van der Waals surface area contributed by atoms with Gasteiger partial charge in [0.05, 0.1) is 0 Å². The summed E-state index contributed by atoms with van der Waals surface area (Å²) in [7, 11) is -9.77. The minimum Gasteiger partial charge on any atom is -0.380 e. The van der Waals surface area contributed by atoms with E-state index < -0.39 is 32.6 Å². The maximum absolute atomic E-state index is 11.5. The van der Waals surface area contributed by atoms with Crippen molar-refractivity contribution in [2.45, 2.75) is 37.2 Å². The van der Waals surface area contributed by atoms with Crippen LogP contribution < -0.4 is 0 Å². The summed E-state index contributed by atoms with van der Waals surface area (Å²) >= 11 is 4.08. The van der Waals surface area contributed by atoms with Crippen LogP contribution in [0.1, 0.15) is 25.7 Å². The van der Waals surface area contributed by atoms with Crippen molar-refractivity contribution in [2.75, 3.05) is 5.75 Å². The van der Waals surface area contributed by atoms with Crippen molar-refractivity contribution in [3.8, 4) is 0 Å². The molecule has 10 heteroatoms. The van der Waals surface area contributed by atoms with Gasteiger partial charge in [-0.05, 0) is 30.4 Å². The van der Waals surface area contributed by atoms with Crippen LogP contribution in [0, 0.1) is 11.8 Å². The lowest BCUT2D eigenvalue weighted by Gasteiger charge is -2.32. The van der Waals surface area contributed by atoms with E-state index in [0.29, 0.717) is 18.6 Å². The third-order valence-corrected chi connectivity index (χ3v) is 6.64. The average Bonchev–Trinajstić information content (AvgIpc) is 2.63. The second-order valence-electron chi connectivity index (χ2n) is 4.95. The summed E-state index contributed by atoms with van der Waals surface area (Å²) in [5.74, 6) is -2.45. The van der Waals surface area contributed by atoms with E-state index in [2.05, 4.69) is 12.6 Å². The molecule has 4 unspecified atom stereocenters. The molecule has 19 heavy (non-hydrogen) atoms. The van der Waals surface area contributed by atoms with Gasteiger partial charge < -0.3 is 24.7 Å². The normalized spacial score (nSPS) is 28.3. The molecule has 114 valence electrons. The van der Waals surface area contributed by atoms with Gasteiger partial charge in [0.1, 0.15) is 5.66 Å². The lowest BCUT2D eigenvalue weighted by molar-refractivity contribution is 0.150. The maximum atomic E-state index is 11.5. The molecule has 1 aliphatic rings. The first-order valence-corrected chi connectivity index (χ1v) is 9.98. The van der Waals surface area contributed by atoms with Crippen molar-refractivity contribution in [3.05, 3.63) is 0 Å². The first-order chi connectivity index (χ1) is 8.59. The van der Waals surface area contributed by atoms with E-state index in [-0.39, 0.29) is 5.92 Å². The molecule has 1 aliphatic carbocycles. The van der Waals surface area contributed by atoms with Gasteiger partial charge >= 0.3 is 15.2 Å². The molecule has 0 amide bonds. The van der Waals surface area contributed by atoms with E-state index in [0.717, 1.165) is 12.8 Å². The van der Waals surface area contributed by atoms with Gasteiger partial charge in [0.2, 0.25) is 0 Å². The van der Waals surface area contributed by atoms with Gasteiger partial charge in [-0.3, -0.25) is 9.13 Å². The highest BCUT2D eigenvalue weighted by atomic mass is 32.1. The van der Waals surface area contributed by atoms with Crippen molar-refractivity contribution in [2.24, 2.45) is 11.8 Å². The van der Waals surface area contributed by atoms with Gasteiger partial charge in [-0.2, -0.15) is 12.6 Å². The molecular weight excluding hydrogens is 314 g/mol. The molecule has 0 aromatic carbocycles. The van der Waals surface area contributed by atoms with Crippen LogP contribution in [-0.2, 0) is 9.13 Å². The molecule has 1 fully saturated rings. The van der Waals surface area contributed by atoms with Gasteiger partial charge in [-0.25, -0.2) is 0 Å². The first-order valence-electron chi connectivity index (χ1n) is 5.98. The van der Waals surface area contributed by atoms with E-state index in [1.54, 1.807) is 0 Å². The summed E-state index contributed by atoms with van der Waals surface area (Å²) in [4.78, 5) is 36.7. The highest BCUT2D eigenvalue weighted by molar-refractivity contribution is 7.80. The molecule has 0 saturated heterocycles. The zero-order chi connectivity index (χ0) is 14.8. The minimum atomic E-state index is -4.96. The van der Waals surface area contributed by atoms with Gasteiger partial charge in [-0.1, -0.05) is 12.8 Å². The Morgan fingerprint density at radius 2 is 1.68 bits per heavy atom. The Morgan fingerprint density at radius 3 is 2.11 bits per heavy atom. The monoisotopic (exact) mass is 334 g/mol. The second kappa shape index (κ2) is 6.58. The third-order valence-electron chi connectivity index (χ3n) is 3.69. The zero-order valence-electron chi connectivity index (χ0n) is 10.2. The highest BCUT2D eigenvalue weighted by Crippen LogP contribution is 2.59. The fourth-order valence-corrected chi connectivity index (χ4v) is 6.11.